The monoisotopic (exact) mass is 267 g/mol. The number of hydrogen-bond donors (Lipinski definition) is 1. The maximum atomic E-state index is 5.86. The number of hydrogen-bond acceptors (Lipinski definition) is 2. The van der Waals surface area contributed by atoms with Crippen molar-refractivity contribution in [2.75, 3.05) is 5.73 Å². The molecular formula is C11H14BrN3. The largest absolute Gasteiger partial charge is 0.398 e. The summed E-state index contributed by atoms with van der Waals surface area (Å²) >= 11 is 3.51. The summed E-state index contributed by atoms with van der Waals surface area (Å²) < 4.78 is 3.08. The topological polar surface area (TPSA) is 43.8 Å². The van der Waals surface area contributed by atoms with Crippen molar-refractivity contribution < 1.29 is 0 Å². The van der Waals surface area contributed by atoms with Gasteiger partial charge in [0.05, 0.1) is 21.8 Å². The van der Waals surface area contributed by atoms with E-state index in [2.05, 4.69) is 39.3 Å². The Morgan fingerprint density at radius 2 is 2.20 bits per heavy atom. The molecule has 0 aliphatic heterocycles. The van der Waals surface area contributed by atoms with Gasteiger partial charge in [-0.3, -0.25) is 0 Å². The number of anilines is 1. The molecule has 2 aromatic rings. The Labute approximate surface area is 97.4 Å². The smallest absolute Gasteiger partial charge is 0.0958 e. The zero-order valence-corrected chi connectivity index (χ0v) is 10.5. The van der Waals surface area contributed by atoms with Crippen LogP contribution in [-0.4, -0.2) is 9.55 Å². The van der Waals surface area contributed by atoms with Crippen LogP contribution in [0.2, 0.25) is 0 Å². The number of imidazole rings is 1. The normalized spacial score (nSPS) is 11.5. The first-order chi connectivity index (χ1) is 7.09. The van der Waals surface area contributed by atoms with Crippen LogP contribution < -0.4 is 5.73 Å². The summed E-state index contributed by atoms with van der Waals surface area (Å²) in [6, 6.07) is 3.82. The van der Waals surface area contributed by atoms with Crippen molar-refractivity contribution in [2.24, 2.45) is 5.92 Å². The van der Waals surface area contributed by atoms with Crippen molar-refractivity contribution in [3.05, 3.63) is 22.9 Å². The third kappa shape index (κ3) is 1.86. The second kappa shape index (κ2) is 3.85. The van der Waals surface area contributed by atoms with E-state index in [9.17, 15) is 0 Å². The zero-order valence-electron chi connectivity index (χ0n) is 8.87. The summed E-state index contributed by atoms with van der Waals surface area (Å²) in [5.41, 5.74) is 8.68. The Morgan fingerprint density at radius 1 is 1.47 bits per heavy atom. The van der Waals surface area contributed by atoms with E-state index in [1.807, 2.05) is 18.5 Å². The highest BCUT2D eigenvalue weighted by atomic mass is 79.9. The molecule has 2 N–H and O–H groups in total. The predicted molar refractivity (Wildman–Crippen MR) is 66.7 cm³/mol. The average Bonchev–Trinajstić information content (AvgIpc) is 2.55. The highest BCUT2D eigenvalue weighted by Gasteiger charge is 2.09. The van der Waals surface area contributed by atoms with Crippen LogP contribution >= 0.6 is 15.9 Å². The zero-order chi connectivity index (χ0) is 11.0. The highest BCUT2D eigenvalue weighted by molar-refractivity contribution is 9.10. The molecule has 0 saturated heterocycles. The standard InChI is InChI=1S/C11H14BrN3/c1-7(2)5-15-6-14-9-4-3-8(13)10(12)11(9)15/h3-4,6-7H,5,13H2,1-2H3. The van der Waals surface area contributed by atoms with Gasteiger partial charge in [-0.25, -0.2) is 4.98 Å². The van der Waals surface area contributed by atoms with Gasteiger partial charge >= 0.3 is 0 Å². The van der Waals surface area contributed by atoms with E-state index in [0.29, 0.717) is 5.92 Å². The van der Waals surface area contributed by atoms with E-state index >= 15 is 0 Å². The van der Waals surface area contributed by atoms with E-state index in [1.54, 1.807) is 0 Å². The van der Waals surface area contributed by atoms with Crippen LogP contribution in [0.3, 0.4) is 0 Å². The van der Waals surface area contributed by atoms with Gasteiger partial charge in [0.25, 0.3) is 0 Å². The fourth-order valence-corrected chi connectivity index (χ4v) is 2.23. The van der Waals surface area contributed by atoms with Crippen LogP contribution in [0, 0.1) is 5.92 Å². The van der Waals surface area contributed by atoms with E-state index < -0.39 is 0 Å². The predicted octanol–water partition coefficient (Wildman–Crippen LogP) is 3.04. The molecule has 15 heavy (non-hydrogen) atoms. The highest BCUT2D eigenvalue weighted by Crippen LogP contribution is 2.29. The Morgan fingerprint density at radius 3 is 2.87 bits per heavy atom. The lowest BCUT2D eigenvalue weighted by molar-refractivity contribution is 0.532. The third-order valence-electron chi connectivity index (χ3n) is 2.31. The Bertz CT molecular complexity index is 488. The molecule has 0 bridgehead atoms. The second-order valence-corrected chi connectivity index (χ2v) is 4.92. The van der Waals surface area contributed by atoms with Crippen LogP contribution in [-0.2, 0) is 6.54 Å². The number of rotatable bonds is 2. The minimum absolute atomic E-state index is 0.593. The number of nitrogen functional groups attached to an aromatic ring is 1. The van der Waals surface area contributed by atoms with Crippen LogP contribution in [0.5, 0.6) is 0 Å². The number of nitrogens with zero attached hydrogens (tertiary/aromatic N) is 2. The number of benzene rings is 1. The summed E-state index contributed by atoms with van der Waals surface area (Å²) in [6.45, 7) is 5.33. The number of halogens is 1. The molecule has 3 nitrogen and oxygen atoms in total. The van der Waals surface area contributed by atoms with Crippen molar-refractivity contribution in [3.63, 3.8) is 0 Å². The molecule has 4 heteroatoms. The molecule has 0 fully saturated rings. The summed E-state index contributed by atoms with van der Waals surface area (Å²) in [6.07, 6.45) is 1.87. The van der Waals surface area contributed by atoms with E-state index in [4.69, 9.17) is 5.73 Å². The molecule has 2 rings (SSSR count). The number of aromatic nitrogens is 2. The van der Waals surface area contributed by atoms with Crippen molar-refractivity contribution >= 4 is 32.7 Å². The number of nitrogens with two attached hydrogens (primary N) is 1. The average molecular weight is 268 g/mol. The quantitative estimate of drug-likeness (QED) is 0.851. The van der Waals surface area contributed by atoms with Gasteiger partial charge in [-0.05, 0) is 34.0 Å². The van der Waals surface area contributed by atoms with Gasteiger partial charge in [-0.15, -0.1) is 0 Å². The first-order valence-corrected chi connectivity index (χ1v) is 5.77. The van der Waals surface area contributed by atoms with E-state index in [0.717, 1.165) is 27.7 Å². The molecule has 0 aliphatic carbocycles. The molecular weight excluding hydrogens is 254 g/mol. The summed E-state index contributed by atoms with van der Waals surface area (Å²) in [5, 5.41) is 0. The maximum absolute atomic E-state index is 5.86. The third-order valence-corrected chi connectivity index (χ3v) is 3.14. The molecule has 0 spiro atoms. The van der Waals surface area contributed by atoms with Gasteiger partial charge in [-0.1, -0.05) is 13.8 Å². The van der Waals surface area contributed by atoms with Gasteiger partial charge in [0.1, 0.15) is 0 Å². The minimum Gasteiger partial charge on any atom is -0.398 e. The van der Waals surface area contributed by atoms with E-state index in [-0.39, 0.29) is 0 Å². The van der Waals surface area contributed by atoms with Gasteiger partial charge in [-0.2, -0.15) is 0 Å². The van der Waals surface area contributed by atoms with Gasteiger partial charge in [0.2, 0.25) is 0 Å². The first kappa shape index (κ1) is 10.5. The molecule has 1 aromatic carbocycles. The van der Waals surface area contributed by atoms with Crippen molar-refractivity contribution in [2.45, 2.75) is 20.4 Å². The van der Waals surface area contributed by atoms with Gasteiger partial charge in [0, 0.05) is 12.2 Å². The Balaban J connectivity index is 2.61. The second-order valence-electron chi connectivity index (χ2n) is 4.13. The summed E-state index contributed by atoms with van der Waals surface area (Å²) in [5.74, 6) is 0.593. The van der Waals surface area contributed by atoms with Crippen LogP contribution in [0.25, 0.3) is 11.0 Å². The van der Waals surface area contributed by atoms with Crippen molar-refractivity contribution in [1.29, 1.82) is 0 Å². The molecule has 0 saturated carbocycles. The molecule has 0 atom stereocenters. The van der Waals surface area contributed by atoms with Gasteiger partial charge < -0.3 is 10.3 Å². The maximum Gasteiger partial charge on any atom is 0.0958 e. The molecule has 0 radical (unpaired) electrons. The van der Waals surface area contributed by atoms with Crippen molar-refractivity contribution in [1.82, 2.24) is 9.55 Å². The van der Waals surface area contributed by atoms with Crippen LogP contribution in [0.1, 0.15) is 13.8 Å². The molecule has 1 aromatic heterocycles. The minimum atomic E-state index is 0.593. The fourth-order valence-electron chi connectivity index (χ4n) is 1.67. The molecule has 0 unspecified atom stereocenters. The molecule has 80 valence electrons. The lowest BCUT2D eigenvalue weighted by Gasteiger charge is -2.09. The summed E-state index contributed by atoms with van der Waals surface area (Å²) in [4.78, 5) is 4.35. The fraction of sp³-hybridized carbons (Fsp3) is 0.364. The molecule has 0 aliphatic rings. The Hall–Kier alpha value is -1.03. The Kier molecular flexibility index (Phi) is 2.69. The molecule has 1 heterocycles. The lowest BCUT2D eigenvalue weighted by Crippen LogP contribution is -2.03. The SMILES string of the molecule is CC(C)Cn1cnc2ccc(N)c(Br)c21. The van der Waals surface area contributed by atoms with E-state index in [1.165, 1.54) is 0 Å². The van der Waals surface area contributed by atoms with Crippen LogP contribution in [0.15, 0.2) is 22.9 Å². The summed E-state index contributed by atoms with van der Waals surface area (Å²) in [7, 11) is 0. The number of fused-ring (bicyclic) bond motifs is 1. The first-order valence-electron chi connectivity index (χ1n) is 4.98. The lowest BCUT2D eigenvalue weighted by atomic mass is 10.2. The van der Waals surface area contributed by atoms with Crippen LogP contribution in [0.4, 0.5) is 5.69 Å². The van der Waals surface area contributed by atoms with Crippen molar-refractivity contribution in [3.8, 4) is 0 Å². The van der Waals surface area contributed by atoms with Gasteiger partial charge in [0.15, 0.2) is 0 Å². The molecule has 0 amide bonds.